The van der Waals surface area contributed by atoms with Gasteiger partial charge in [0.2, 0.25) is 0 Å². The maximum absolute atomic E-state index is 13.1. The highest BCUT2D eigenvalue weighted by molar-refractivity contribution is 6.06. The highest BCUT2D eigenvalue weighted by Crippen LogP contribution is 2.56. The SMILES string of the molecule is O=C(NCc1ccncc1)c1cnc2[nH]ccc2c1NC1[C@@H]2CC3C[C@H]1CC(O)(C3)C2. The van der Waals surface area contributed by atoms with Crippen molar-refractivity contribution in [2.24, 2.45) is 17.8 Å². The molecule has 7 heteroatoms. The zero-order valence-corrected chi connectivity index (χ0v) is 17.3. The van der Waals surface area contributed by atoms with Gasteiger partial charge in [0.1, 0.15) is 5.65 Å². The zero-order valence-electron chi connectivity index (χ0n) is 17.3. The lowest BCUT2D eigenvalue weighted by atomic mass is 9.52. The second-order valence-electron chi connectivity index (χ2n) is 9.69. The number of H-pyrrole nitrogens is 1. The molecular formula is C24H27N5O2. The summed E-state index contributed by atoms with van der Waals surface area (Å²) in [6.45, 7) is 0.440. The number of carbonyl (C=O) groups is 1. The van der Waals surface area contributed by atoms with E-state index in [1.807, 2.05) is 24.4 Å². The van der Waals surface area contributed by atoms with Gasteiger partial charge in [-0.15, -0.1) is 0 Å². The minimum Gasteiger partial charge on any atom is -0.390 e. The number of anilines is 1. The molecule has 1 amide bonds. The minimum absolute atomic E-state index is 0.141. The van der Waals surface area contributed by atoms with Crippen LogP contribution in [0.4, 0.5) is 5.69 Å². The molecule has 3 heterocycles. The Bertz CT molecular complexity index is 1110. The lowest BCUT2D eigenvalue weighted by Gasteiger charge is -2.58. The zero-order chi connectivity index (χ0) is 21.0. The van der Waals surface area contributed by atoms with Crippen LogP contribution < -0.4 is 10.6 Å². The van der Waals surface area contributed by atoms with Crippen LogP contribution in [0.1, 0.15) is 48.0 Å². The van der Waals surface area contributed by atoms with Crippen molar-refractivity contribution in [3.63, 3.8) is 0 Å². The smallest absolute Gasteiger partial charge is 0.255 e. The summed E-state index contributed by atoms with van der Waals surface area (Å²) in [6.07, 6.45) is 12.0. The Hall–Kier alpha value is -2.93. The van der Waals surface area contributed by atoms with Crippen molar-refractivity contribution in [2.75, 3.05) is 5.32 Å². The molecule has 4 bridgehead atoms. The van der Waals surface area contributed by atoms with Crippen LogP contribution in [-0.2, 0) is 6.54 Å². The van der Waals surface area contributed by atoms with Gasteiger partial charge in [0, 0.05) is 42.8 Å². The van der Waals surface area contributed by atoms with Crippen molar-refractivity contribution in [3.05, 3.63) is 54.1 Å². The van der Waals surface area contributed by atoms with E-state index in [2.05, 4.69) is 25.6 Å². The monoisotopic (exact) mass is 417 g/mol. The van der Waals surface area contributed by atoms with Crippen molar-refractivity contribution in [2.45, 2.75) is 50.3 Å². The first kappa shape index (κ1) is 18.8. The fourth-order valence-corrected chi connectivity index (χ4v) is 6.50. The minimum atomic E-state index is -0.471. The Kier molecular flexibility index (Phi) is 4.28. The molecule has 4 fully saturated rings. The number of hydrogen-bond donors (Lipinski definition) is 4. The predicted octanol–water partition coefficient (Wildman–Crippen LogP) is 3.24. The molecule has 4 N–H and O–H groups in total. The molecule has 0 aromatic carbocycles. The van der Waals surface area contributed by atoms with Crippen LogP contribution in [0.25, 0.3) is 11.0 Å². The Morgan fingerprint density at radius 2 is 1.94 bits per heavy atom. The summed E-state index contributed by atoms with van der Waals surface area (Å²) in [7, 11) is 0. The topological polar surface area (TPSA) is 103 Å². The predicted molar refractivity (Wildman–Crippen MR) is 117 cm³/mol. The summed E-state index contributed by atoms with van der Waals surface area (Å²) in [5.41, 5.74) is 2.72. The van der Waals surface area contributed by atoms with E-state index in [4.69, 9.17) is 0 Å². The molecule has 7 rings (SSSR count). The van der Waals surface area contributed by atoms with Crippen LogP contribution in [0.5, 0.6) is 0 Å². The van der Waals surface area contributed by atoms with Crippen molar-refractivity contribution >= 4 is 22.6 Å². The highest BCUT2D eigenvalue weighted by atomic mass is 16.3. The van der Waals surface area contributed by atoms with Crippen molar-refractivity contribution in [1.29, 1.82) is 0 Å². The van der Waals surface area contributed by atoms with Gasteiger partial charge < -0.3 is 20.7 Å². The Morgan fingerprint density at radius 3 is 2.68 bits per heavy atom. The average molecular weight is 418 g/mol. The van der Waals surface area contributed by atoms with Gasteiger partial charge in [0.05, 0.1) is 16.9 Å². The Morgan fingerprint density at radius 1 is 1.16 bits per heavy atom. The van der Waals surface area contributed by atoms with Crippen LogP contribution in [0, 0.1) is 17.8 Å². The first-order chi connectivity index (χ1) is 15.1. The average Bonchev–Trinajstić information content (AvgIpc) is 3.23. The first-order valence-electron chi connectivity index (χ1n) is 11.2. The molecule has 3 aromatic heterocycles. The van der Waals surface area contributed by atoms with E-state index in [-0.39, 0.29) is 11.9 Å². The number of aromatic amines is 1. The number of pyridine rings is 2. The molecule has 0 spiro atoms. The summed E-state index contributed by atoms with van der Waals surface area (Å²) in [5, 5.41) is 18.7. The molecule has 4 aliphatic rings. The summed E-state index contributed by atoms with van der Waals surface area (Å²) < 4.78 is 0. The van der Waals surface area contributed by atoms with Crippen molar-refractivity contribution in [1.82, 2.24) is 20.3 Å². The van der Waals surface area contributed by atoms with Gasteiger partial charge in [0.15, 0.2) is 0 Å². The van der Waals surface area contributed by atoms with Crippen molar-refractivity contribution in [3.8, 4) is 0 Å². The van der Waals surface area contributed by atoms with E-state index in [0.717, 1.165) is 41.5 Å². The Labute approximate surface area is 180 Å². The lowest BCUT2D eigenvalue weighted by molar-refractivity contribution is -0.129. The molecule has 160 valence electrons. The van der Waals surface area contributed by atoms with E-state index < -0.39 is 5.60 Å². The third-order valence-corrected chi connectivity index (χ3v) is 7.59. The summed E-state index contributed by atoms with van der Waals surface area (Å²) in [6, 6.07) is 6.05. The molecule has 3 aromatic rings. The summed E-state index contributed by atoms with van der Waals surface area (Å²) in [4.78, 5) is 24.8. The molecule has 0 radical (unpaired) electrons. The van der Waals surface area contributed by atoms with E-state index in [1.54, 1.807) is 18.6 Å². The maximum Gasteiger partial charge on any atom is 0.255 e. The van der Waals surface area contributed by atoms with E-state index >= 15 is 0 Å². The van der Waals surface area contributed by atoms with Gasteiger partial charge in [-0.25, -0.2) is 4.98 Å². The van der Waals surface area contributed by atoms with Gasteiger partial charge in [-0.05, 0) is 73.6 Å². The van der Waals surface area contributed by atoms with E-state index in [9.17, 15) is 9.90 Å². The molecular weight excluding hydrogens is 390 g/mol. The fraction of sp³-hybridized carbons (Fsp3) is 0.458. The van der Waals surface area contributed by atoms with Crippen LogP contribution in [0.2, 0.25) is 0 Å². The number of carbonyl (C=O) groups excluding carboxylic acids is 1. The molecule has 0 aliphatic heterocycles. The van der Waals surface area contributed by atoms with E-state index in [1.165, 1.54) is 12.8 Å². The number of nitrogens with zero attached hydrogens (tertiary/aromatic N) is 2. The second-order valence-corrected chi connectivity index (χ2v) is 9.69. The number of aromatic nitrogens is 3. The number of rotatable bonds is 5. The highest BCUT2D eigenvalue weighted by Gasteiger charge is 2.54. The number of amides is 1. The van der Waals surface area contributed by atoms with Crippen LogP contribution in [0.15, 0.2) is 43.0 Å². The first-order valence-corrected chi connectivity index (χ1v) is 11.2. The number of fused-ring (bicyclic) bond motifs is 1. The summed E-state index contributed by atoms with van der Waals surface area (Å²) in [5.74, 6) is 1.41. The molecule has 31 heavy (non-hydrogen) atoms. The third kappa shape index (κ3) is 3.28. The number of hydrogen-bond acceptors (Lipinski definition) is 5. The number of nitrogens with one attached hydrogen (secondary N) is 3. The lowest BCUT2D eigenvalue weighted by Crippen LogP contribution is -2.59. The molecule has 3 unspecified atom stereocenters. The normalized spacial score (nSPS) is 31.1. The number of aliphatic hydroxyl groups is 1. The molecule has 4 aliphatic carbocycles. The van der Waals surface area contributed by atoms with Crippen LogP contribution in [0.3, 0.4) is 0 Å². The van der Waals surface area contributed by atoms with E-state index in [0.29, 0.717) is 29.9 Å². The standard InChI is InChI=1S/C24H27N5O2/c30-23(28-12-14-1-4-25-5-2-14)19-13-27-22-18(3-6-26-22)21(19)29-20-16-7-15-8-17(20)11-24(31,9-15)10-16/h1-6,13,15-17,20,31H,7-12H2,(H,28,30)(H2,26,27,29)/t15?,16-,17+,20?,24?. The quantitative estimate of drug-likeness (QED) is 0.510. The summed E-state index contributed by atoms with van der Waals surface area (Å²) >= 11 is 0. The van der Waals surface area contributed by atoms with Gasteiger partial charge >= 0.3 is 0 Å². The van der Waals surface area contributed by atoms with Gasteiger partial charge in [-0.2, -0.15) is 0 Å². The van der Waals surface area contributed by atoms with Crippen LogP contribution >= 0.6 is 0 Å². The fourth-order valence-electron chi connectivity index (χ4n) is 6.50. The molecule has 0 saturated heterocycles. The van der Waals surface area contributed by atoms with Gasteiger partial charge in [0.25, 0.3) is 5.91 Å². The maximum atomic E-state index is 13.1. The molecule has 4 saturated carbocycles. The van der Waals surface area contributed by atoms with Crippen molar-refractivity contribution < 1.29 is 9.90 Å². The molecule has 7 nitrogen and oxygen atoms in total. The molecule has 5 atom stereocenters. The van der Waals surface area contributed by atoms with Gasteiger partial charge in [-0.1, -0.05) is 0 Å². The largest absolute Gasteiger partial charge is 0.390 e. The van der Waals surface area contributed by atoms with Gasteiger partial charge in [-0.3, -0.25) is 9.78 Å². The third-order valence-electron chi connectivity index (χ3n) is 7.59. The second kappa shape index (κ2) is 7.05. The Balaban J connectivity index is 1.30. The van der Waals surface area contributed by atoms with Crippen LogP contribution in [-0.4, -0.2) is 37.6 Å².